The summed E-state index contributed by atoms with van der Waals surface area (Å²) < 4.78 is 4.74. The Morgan fingerprint density at radius 3 is 2.60 bits per heavy atom. The van der Waals surface area contributed by atoms with Crippen LogP contribution >= 0.6 is 0 Å². The number of nitro groups is 1. The van der Waals surface area contributed by atoms with E-state index < -0.39 is 29.4 Å². The van der Waals surface area contributed by atoms with E-state index in [4.69, 9.17) is 4.74 Å². The lowest BCUT2D eigenvalue weighted by Gasteiger charge is -2.13. The Bertz CT molecular complexity index is 701. The fourth-order valence-electron chi connectivity index (χ4n) is 1.76. The molecule has 1 aromatic carbocycles. The van der Waals surface area contributed by atoms with E-state index in [0.29, 0.717) is 5.69 Å². The first-order chi connectivity index (χ1) is 11.8. The number of hydrogen-bond donors (Lipinski definition) is 2. The van der Waals surface area contributed by atoms with Gasteiger partial charge in [0.15, 0.2) is 6.61 Å². The van der Waals surface area contributed by atoms with E-state index in [-0.39, 0.29) is 17.8 Å². The molecule has 0 aromatic heterocycles. The van der Waals surface area contributed by atoms with Gasteiger partial charge in [-0.25, -0.2) is 9.59 Å². The van der Waals surface area contributed by atoms with Gasteiger partial charge in [-0.2, -0.15) is 0 Å². The van der Waals surface area contributed by atoms with Crippen LogP contribution < -0.4 is 15.5 Å². The molecule has 0 atom stereocenters. The van der Waals surface area contributed by atoms with Crippen molar-refractivity contribution >= 4 is 29.3 Å². The van der Waals surface area contributed by atoms with E-state index in [9.17, 15) is 24.5 Å². The van der Waals surface area contributed by atoms with E-state index in [2.05, 4.69) is 11.9 Å². The van der Waals surface area contributed by atoms with Crippen molar-refractivity contribution in [3.8, 4) is 0 Å². The maximum atomic E-state index is 11.9. The topological polar surface area (TPSA) is 131 Å². The van der Waals surface area contributed by atoms with Gasteiger partial charge in [0, 0.05) is 26.7 Å². The Hall–Kier alpha value is -3.43. The molecule has 0 spiro atoms. The van der Waals surface area contributed by atoms with Gasteiger partial charge in [-0.05, 0) is 12.1 Å². The van der Waals surface area contributed by atoms with Gasteiger partial charge in [-0.15, -0.1) is 6.58 Å². The molecule has 0 aliphatic heterocycles. The maximum absolute atomic E-state index is 11.9. The highest BCUT2D eigenvalue weighted by Gasteiger charge is 2.20. The molecule has 0 saturated carbocycles. The minimum Gasteiger partial charge on any atom is -0.452 e. The molecule has 0 unspecified atom stereocenters. The van der Waals surface area contributed by atoms with Gasteiger partial charge in [0.2, 0.25) is 0 Å². The third-order valence-electron chi connectivity index (χ3n) is 2.88. The molecule has 10 heteroatoms. The van der Waals surface area contributed by atoms with Crippen molar-refractivity contribution in [2.45, 2.75) is 0 Å². The van der Waals surface area contributed by atoms with Crippen molar-refractivity contribution in [1.82, 2.24) is 10.6 Å². The van der Waals surface area contributed by atoms with Crippen LogP contribution in [-0.4, -0.2) is 50.1 Å². The minimum absolute atomic E-state index is 0.0822. The smallest absolute Gasteiger partial charge is 0.338 e. The van der Waals surface area contributed by atoms with Crippen LogP contribution in [0.15, 0.2) is 30.9 Å². The fraction of sp³-hybridized carbons (Fsp3) is 0.267. The number of ether oxygens (including phenoxy) is 1. The highest BCUT2D eigenvalue weighted by molar-refractivity contribution is 5.97. The van der Waals surface area contributed by atoms with Crippen LogP contribution in [0.5, 0.6) is 0 Å². The molecule has 0 bridgehead atoms. The Labute approximate surface area is 143 Å². The molecule has 1 rings (SSSR count). The van der Waals surface area contributed by atoms with Crippen LogP contribution in [0.25, 0.3) is 0 Å². The summed E-state index contributed by atoms with van der Waals surface area (Å²) in [6.45, 7) is 2.86. The second-order valence-corrected chi connectivity index (χ2v) is 4.98. The molecule has 25 heavy (non-hydrogen) atoms. The van der Waals surface area contributed by atoms with Crippen LogP contribution in [0, 0.1) is 10.1 Å². The molecule has 0 aliphatic carbocycles. The molecule has 1 aromatic rings. The first kappa shape index (κ1) is 19.6. The van der Waals surface area contributed by atoms with E-state index in [1.807, 2.05) is 5.32 Å². The number of imide groups is 1. The summed E-state index contributed by atoms with van der Waals surface area (Å²) in [5.74, 6) is -1.76. The Morgan fingerprint density at radius 1 is 1.36 bits per heavy atom. The van der Waals surface area contributed by atoms with E-state index in [1.54, 1.807) is 14.1 Å². The Balaban J connectivity index is 2.70. The van der Waals surface area contributed by atoms with Gasteiger partial charge in [0.25, 0.3) is 11.6 Å². The lowest BCUT2D eigenvalue weighted by atomic mass is 10.1. The van der Waals surface area contributed by atoms with Crippen LogP contribution in [0.1, 0.15) is 10.4 Å². The van der Waals surface area contributed by atoms with E-state index in [1.165, 1.54) is 23.1 Å². The van der Waals surface area contributed by atoms with E-state index in [0.717, 1.165) is 6.07 Å². The van der Waals surface area contributed by atoms with Crippen molar-refractivity contribution in [1.29, 1.82) is 0 Å². The molecule has 3 amide bonds. The van der Waals surface area contributed by atoms with Crippen molar-refractivity contribution < 1.29 is 24.0 Å². The van der Waals surface area contributed by atoms with Gasteiger partial charge in [0.1, 0.15) is 5.69 Å². The average molecular weight is 350 g/mol. The molecule has 0 fully saturated rings. The quantitative estimate of drug-likeness (QED) is 0.322. The normalized spacial score (nSPS) is 9.68. The van der Waals surface area contributed by atoms with Gasteiger partial charge in [0.05, 0.1) is 10.5 Å². The second kappa shape index (κ2) is 9.01. The fourth-order valence-corrected chi connectivity index (χ4v) is 1.76. The van der Waals surface area contributed by atoms with Gasteiger partial charge in [-0.1, -0.05) is 6.08 Å². The van der Waals surface area contributed by atoms with Crippen LogP contribution in [0.3, 0.4) is 0 Å². The average Bonchev–Trinajstić information content (AvgIpc) is 2.57. The molecular weight excluding hydrogens is 332 g/mol. The number of carbonyl (C=O) groups excluding carboxylic acids is 3. The maximum Gasteiger partial charge on any atom is 0.338 e. The van der Waals surface area contributed by atoms with E-state index >= 15 is 0 Å². The summed E-state index contributed by atoms with van der Waals surface area (Å²) in [6, 6.07) is 3.05. The molecule has 0 saturated heterocycles. The first-order valence-corrected chi connectivity index (χ1v) is 7.07. The largest absolute Gasteiger partial charge is 0.452 e. The third-order valence-corrected chi connectivity index (χ3v) is 2.88. The summed E-state index contributed by atoms with van der Waals surface area (Å²) in [6.07, 6.45) is 1.42. The predicted octanol–water partition coefficient (Wildman–Crippen LogP) is 0.829. The molecule has 0 aliphatic rings. The van der Waals surface area contributed by atoms with Gasteiger partial charge >= 0.3 is 12.0 Å². The number of hydrogen-bond acceptors (Lipinski definition) is 7. The zero-order valence-corrected chi connectivity index (χ0v) is 13.8. The highest BCUT2D eigenvalue weighted by Crippen LogP contribution is 2.27. The summed E-state index contributed by atoms with van der Waals surface area (Å²) >= 11 is 0. The van der Waals surface area contributed by atoms with Crippen molar-refractivity contribution in [2.75, 3.05) is 32.1 Å². The lowest BCUT2D eigenvalue weighted by Crippen LogP contribution is -2.41. The Kier molecular flexibility index (Phi) is 7.07. The predicted molar refractivity (Wildman–Crippen MR) is 89.4 cm³/mol. The number of nitro benzene ring substituents is 1. The number of urea groups is 1. The molecule has 2 N–H and O–H groups in total. The number of rotatable bonds is 7. The number of anilines is 1. The van der Waals surface area contributed by atoms with Crippen LogP contribution in [0.4, 0.5) is 16.2 Å². The Morgan fingerprint density at radius 2 is 2.04 bits per heavy atom. The SMILES string of the molecule is C=CCNC(=O)NC(=O)COC(=O)c1ccc(N(C)C)c([N+](=O)[O-])c1. The molecule has 134 valence electrons. The van der Waals surface area contributed by atoms with Crippen molar-refractivity contribution in [2.24, 2.45) is 0 Å². The monoisotopic (exact) mass is 350 g/mol. The van der Waals surface area contributed by atoms with Crippen molar-refractivity contribution in [3.05, 3.63) is 46.5 Å². The zero-order chi connectivity index (χ0) is 19.0. The van der Waals surface area contributed by atoms with Crippen molar-refractivity contribution in [3.63, 3.8) is 0 Å². The van der Waals surface area contributed by atoms with Gasteiger partial charge < -0.3 is 15.0 Å². The standard InChI is InChI=1S/C15H18N4O6/c1-4-7-16-15(22)17-13(20)9-25-14(21)10-5-6-11(18(2)3)12(8-10)19(23)24/h4-6,8H,1,7,9H2,2-3H3,(H2,16,17,20,22). The number of benzene rings is 1. The van der Waals surface area contributed by atoms with Crippen LogP contribution in [0.2, 0.25) is 0 Å². The lowest BCUT2D eigenvalue weighted by molar-refractivity contribution is -0.384. The minimum atomic E-state index is -0.921. The number of carbonyl (C=O) groups is 3. The number of amides is 3. The number of esters is 1. The summed E-state index contributed by atoms with van der Waals surface area (Å²) in [5, 5.41) is 15.3. The van der Waals surface area contributed by atoms with Crippen LogP contribution in [-0.2, 0) is 9.53 Å². The molecular formula is C15H18N4O6. The summed E-state index contributed by atoms with van der Waals surface area (Å²) in [4.78, 5) is 46.6. The number of nitrogens with zero attached hydrogens (tertiary/aromatic N) is 2. The first-order valence-electron chi connectivity index (χ1n) is 7.07. The number of nitrogens with one attached hydrogen (secondary N) is 2. The second-order valence-electron chi connectivity index (χ2n) is 4.98. The molecule has 10 nitrogen and oxygen atoms in total. The highest BCUT2D eigenvalue weighted by atomic mass is 16.6. The summed E-state index contributed by atoms with van der Waals surface area (Å²) in [5.41, 5.74) is -0.0351. The molecule has 0 heterocycles. The van der Waals surface area contributed by atoms with Gasteiger partial charge in [-0.3, -0.25) is 20.2 Å². The third kappa shape index (κ3) is 5.94. The summed E-state index contributed by atoms with van der Waals surface area (Å²) in [7, 11) is 3.25. The zero-order valence-electron chi connectivity index (χ0n) is 13.8. The molecule has 0 radical (unpaired) electrons.